The monoisotopic (exact) mass is 485 g/mol. The number of aromatic hydroxyl groups is 1. The molecule has 36 heavy (non-hydrogen) atoms. The summed E-state index contributed by atoms with van der Waals surface area (Å²) in [6.07, 6.45) is 2.95. The molecule has 2 aliphatic rings. The number of amides is 1. The summed E-state index contributed by atoms with van der Waals surface area (Å²) in [6, 6.07) is 17.0. The molecule has 5 rings (SSSR count). The van der Waals surface area contributed by atoms with E-state index in [2.05, 4.69) is 39.6 Å². The minimum absolute atomic E-state index is 0.0757. The summed E-state index contributed by atoms with van der Waals surface area (Å²) in [4.78, 5) is 35.7. The molecule has 0 saturated carbocycles. The van der Waals surface area contributed by atoms with E-state index in [1.807, 2.05) is 17.0 Å². The quantitative estimate of drug-likeness (QED) is 0.506. The molecule has 2 atom stereocenters. The molecule has 2 unspecified atom stereocenters. The van der Waals surface area contributed by atoms with Gasteiger partial charge in [-0.25, -0.2) is 0 Å². The molecule has 1 saturated heterocycles. The Bertz CT molecular complexity index is 1370. The normalized spacial score (nSPS) is 19.8. The number of hydrogen-bond donors (Lipinski definition) is 3. The number of hydrogen-bond acceptors (Lipinski definition) is 7. The lowest BCUT2D eigenvalue weighted by molar-refractivity contribution is -0.119. The molecule has 9 heteroatoms. The first-order valence-corrected chi connectivity index (χ1v) is 12.0. The molecular formula is C27H27N5O4. The number of rotatable bonds is 5. The Morgan fingerprint density at radius 3 is 2.61 bits per heavy atom. The number of phenolic OH excluding ortho intramolecular Hbond substituents is 1. The van der Waals surface area contributed by atoms with Crippen LogP contribution in [0.3, 0.4) is 0 Å². The van der Waals surface area contributed by atoms with Gasteiger partial charge in [0.15, 0.2) is 11.5 Å². The number of ether oxygens (including phenoxy) is 1. The minimum Gasteiger partial charge on any atom is -0.504 e. The van der Waals surface area contributed by atoms with E-state index in [9.17, 15) is 20.0 Å². The second-order valence-electron chi connectivity index (χ2n) is 9.28. The van der Waals surface area contributed by atoms with Gasteiger partial charge in [-0.15, -0.1) is 0 Å². The van der Waals surface area contributed by atoms with E-state index < -0.39 is 23.3 Å². The third kappa shape index (κ3) is 4.38. The van der Waals surface area contributed by atoms with Gasteiger partial charge in [0.25, 0.3) is 5.56 Å². The van der Waals surface area contributed by atoms with Crippen LogP contribution in [0, 0.1) is 23.2 Å². The average molecular weight is 486 g/mol. The molecule has 3 N–H and O–H groups in total. The van der Waals surface area contributed by atoms with E-state index in [4.69, 9.17) is 4.74 Å². The number of methoxy groups -OCH3 is 1. The van der Waals surface area contributed by atoms with E-state index in [0.29, 0.717) is 17.4 Å². The van der Waals surface area contributed by atoms with Crippen LogP contribution in [0.5, 0.6) is 11.5 Å². The summed E-state index contributed by atoms with van der Waals surface area (Å²) in [5.41, 5.74) is 1.65. The number of fused-ring (bicyclic) bond motifs is 1. The van der Waals surface area contributed by atoms with Crippen molar-refractivity contribution in [2.75, 3.05) is 30.4 Å². The maximum Gasteiger partial charge on any atom is 0.258 e. The third-order valence-corrected chi connectivity index (χ3v) is 7.09. The molecule has 2 aliphatic heterocycles. The fourth-order valence-corrected chi connectivity index (χ4v) is 5.19. The third-order valence-electron chi connectivity index (χ3n) is 7.09. The number of nitrogens with one attached hydrogen (secondary N) is 2. The number of aromatic nitrogens is 2. The van der Waals surface area contributed by atoms with Gasteiger partial charge >= 0.3 is 0 Å². The lowest BCUT2D eigenvalue weighted by atomic mass is 9.79. The van der Waals surface area contributed by atoms with Crippen molar-refractivity contribution >= 4 is 17.7 Å². The van der Waals surface area contributed by atoms with Crippen LogP contribution in [0.2, 0.25) is 0 Å². The Balaban J connectivity index is 1.43. The zero-order valence-electron chi connectivity index (χ0n) is 19.9. The number of aromatic amines is 1. The first kappa shape index (κ1) is 23.4. The van der Waals surface area contributed by atoms with Crippen LogP contribution in [0.1, 0.15) is 35.4 Å². The summed E-state index contributed by atoms with van der Waals surface area (Å²) in [5, 5.41) is 22.4. The Morgan fingerprint density at radius 1 is 1.17 bits per heavy atom. The maximum absolute atomic E-state index is 13.3. The van der Waals surface area contributed by atoms with Crippen LogP contribution in [0.4, 0.5) is 11.8 Å². The minimum atomic E-state index is -1.13. The van der Waals surface area contributed by atoms with Crippen LogP contribution >= 0.6 is 0 Å². The SMILES string of the molecule is COc1cc(C2c3c(nc(N4CCC(Cc5ccccc5)CC4)[nH]c3=O)NC(=O)C2C#N)ccc1O. The number of carbonyl (C=O) groups is 1. The van der Waals surface area contributed by atoms with Crippen molar-refractivity contribution < 1.29 is 14.6 Å². The molecule has 3 aromatic rings. The lowest BCUT2D eigenvalue weighted by Crippen LogP contribution is -2.41. The molecule has 0 radical (unpaired) electrons. The van der Waals surface area contributed by atoms with Gasteiger partial charge in [0.1, 0.15) is 11.7 Å². The molecular weight excluding hydrogens is 458 g/mol. The van der Waals surface area contributed by atoms with Gasteiger partial charge in [-0.3, -0.25) is 14.6 Å². The lowest BCUT2D eigenvalue weighted by Gasteiger charge is -2.34. The number of benzene rings is 2. The summed E-state index contributed by atoms with van der Waals surface area (Å²) in [6.45, 7) is 1.49. The predicted octanol–water partition coefficient (Wildman–Crippen LogP) is 3.17. The summed E-state index contributed by atoms with van der Waals surface area (Å²) in [5.74, 6) is -1.26. The van der Waals surface area contributed by atoms with E-state index in [-0.39, 0.29) is 22.9 Å². The van der Waals surface area contributed by atoms with Crippen molar-refractivity contribution in [1.82, 2.24) is 9.97 Å². The number of carbonyl (C=O) groups excluding carboxylic acids is 1. The molecule has 3 heterocycles. The van der Waals surface area contributed by atoms with Gasteiger partial charge in [0.2, 0.25) is 11.9 Å². The number of H-pyrrole nitrogens is 1. The Labute approximate surface area is 208 Å². The van der Waals surface area contributed by atoms with Crippen molar-refractivity contribution in [3.63, 3.8) is 0 Å². The molecule has 1 aromatic heterocycles. The van der Waals surface area contributed by atoms with Gasteiger partial charge in [0, 0.05) is 19.0 Å². The number of piperidine rings is 1. The van der Waals surface area contributed by atoms with Gasteiger partial charge in [-0.2, -0.15) is 10.2 Å². The predicted molar refractivity (Wildman–Crippen MR) is 134 cm³/mol. The first-order valence-electron chi connectivity index (χ1n) is 12.0. The Hall–Kier alpha value is -4.32. The fourth-order valence-electron chi connectivity index (χ4n) is 5.19. The molecule has 0 aliphatic carbocycles. The van der Waals surface area contributed by atoms with Crippen molar-refractivity contribution in [1.29, 1.82) is 5.26 Å². The first-order chi connectivity index (χ1) is 17.5. The highest BCUT2D eigenvalue weighted by Gasteiger charge is 2.41. The number of nitrogens with zero attached hydrogens (tertiary/aromatic N) is 3. The fraction of sp³-hybridized carbons (Fsp3) is 0.333. The maximum atomic E-state index is 13.3. The topological polar surface area (TPSA) is 131 Å². The molecule has 184 valence electrons. The second kappa shape index (κ2) is 9.74. The summed E-state index contributed by atoms with van der Waals surface area (Å²) >= 11 is 0. The van der Waals surface area contributed by atoms with Crippen molar-refractivity contribution in [3.8, 4) is 17.6 Å². The number of phenols is 1. The van der Waals surface area contributed by atoms with E-state index >= 15 is 0 Å². The van der Waals surface area contributed by atoms with Gasteiger partial charge in [-0.05, 0) is 48.4 Å². The molecule has 0 bridgehead atoms. The highest BCUT2D eigenvalue weighted by atomic mass is 16.5. The highest BCUT2D eigenvalue weighted by molar-refractivity contribution is 5.98. The molecule has 0 spiro atoms. The van der Waals surface area contributed by atoms with Crippen LogP contribution < -0.4 is 20.5 Å². The average Bonchev–Trinajstić information content (AvgIpc) is 2.89. The Morgan fingerprint density at radius 2 is 1.92 bits per heavy atom. The van der Waals surface area contributed by atoms with Crippen molar-refractivity contribution in [2.24, 2.45) is 11.8 Å². The summed E-state index contributed by atoms with van der Waals surface area (Å²) in [7, 11) is 1.41. The van der Waals surface area contributed by atoms with Crippen LogP contribution in [0.25, 0.3) is 0 Å². The van der Waals surface area contributed by atoms with Crippen LogP contribution in [0.15, 0.2) is 53.3 Å². The smallest absolute Gasteiger partial charge is 0.258 e. The largest absolute Gasteiger partial charge is 0.504 e. The molecule has 1 fully saturated rings. The molecule has 2 aromatic carbocycles. The molecule has 9 nitrogen and oxygen atoms in total. The van der Waals surface area contributed by atoms with Gasteiger partial charge in [-0.1, -0.05) is 36.4 Å². The van der Waals surface area contributed by atoms with Gasteiger partial charge in [0.05, 0.1) is 18.7 Å². The van der Waals surface area contributed by atoms with E-state index in [0.717, 1.165) is 32.4 Å². The number of anilines is 2. The van der Waals surface area contributed by atoms with E-state index in [1.54, 1.807) is 6.07 Å². The highest BCUT2D eigenvalue weighted by Crippen LogP contribution is 2.41. The summed E-state index contributed by atoms with van der Waals surface area (Å²) < 4.78 is 5.19. The second-order valence-corrected chi connectivity index (χ2v) is 9.28. The van der Waals surface area contributed by atoms with Crippen LogP contribution in [-0.2, 0) is 11.2 Å². The van der Waals surface area contributed by atoms with Crippen LogP contribution in [-0.4, -0.2) is 41.2 Å². The standard InChI is InChI=1S/C27H27N5O4/c1-36-21-14-18(7-8-20(21)33)22-19(15-28)25(34)29-24-23(22)26(35)31-27(30-24)32-11-9-17(10-12-32)13-16-5-3-2-4-6-16/h2-8,14,17,19,22,33H,9-13H2,1H3,(H2,29,30,31,34,35). The van der Waals surface area contributed by atoms with Crippen molar-refractivity contribution in [3.05, 3.63) is 75.6 Å². The zero-order chi connectivity index (χ0) is 25.2. The molecule has 1 amide bonds. The van der Waals surface area contributed by atoms with Gasteiger partial charge < -0.3 is 20.1 Å². The number of nitriles is 1. The van der Waals surface area contributed by atoms with Crippen molar-refractivity contribution in [2.45, 2.75) is 25.2 Å². The Kier molecular flexibility index (Phi) is 6.34. The van der Waals surface area contributed by atoms with E-state index in [1.165, 1.54) is 24.8 Å². The zero-order valence-corrected chi connectivity index (χ0v) is 19.9.